The van der Waals surface area contributed by atoms with Gasteiger partial charge in [0.2, 0.25) is 5.91 Å². The minimum atomic E-state index is -5.08. The topological polar surface area (TPSA) is 192 Å². The first-order valence-corrected chi connectivity index (χ1v) is 29.4. The van der Waals surface area contributed by atoms with E-state index in [0.29, 0.717) is 6.42 Å². The summed E-state index contributed by atoms with van der Waals surface area (Å²) in [7, 11) is -5.08. The zero-order chi connectivity index (χ0) is 49.1. The van der Waals surface area contributed by atoms with Crippen molar-refractivity contribution in [3.8, 4) is 0 Å². The second-order valence-electron chi connectivity index (χ2n) is 19.9. The quantitative estimate of drug-likeness (QED) is 0.0193. The molecule has 1 rings (SSSR count). The predicted octanol–water partition coefficient (Wildman–Crippen LogP) is 12.7. The maximum atomic E-state index is 13.1. The van der Waals surface area contributed by atoms with Crippen LogP contribution >= 0.6 is 0 Å². The van der Waals surface area contributed by atoms with Crippen LogP contribution in [0, 0.1) is 0 Å². The standard InChI is InChI=1S/C54H105NO11S/c1-3-5-7-9-11-13-15-16-17-18-19-20-21-22-23-24-25-26-27-28-29-30-31-32-33-34-36-38-40-42-44-50(58)55-47(48(57)43-41-39-37-35-14-12-10-8-6-4-2)46-64-54-52(60)53(66-67(61,62)63)51(59)49(45-56)65-54/h41,43,47-49,51-54,56-57,59-60H,3-40,42,44-46H2,1-2H3,(H,55,58)(H,61,62,63)/b43-41+. The van der Waals surface area contributed by atoms with Gasteiger partial charge in [0.15, 0.2) is 6.29 Å². The number of rotatable bonds is 49. The average Bonchev–Trinajstić information content (AvgIpc) is 3.30. The number of carbonyl (C=O) groups is 1. The fraction of sp³-hybridized carbons (Fsp3) is 0.944. The second-order valence-corrected chi connectivity index (χ2v) is 20.9. The van der Waals surface area contributed by atoms with E-state index in [-0.39, 0.29) is 18.9 Å². The van der Waals surface area contributed by atoms with Gasteiger partial charge in [-0.1, -0.05) is 257 Å². The molecule has 12 nitrogen and oxygen atoms in total. The summed E-state index contributed by atoms with van der Waals surface area (Å²) < 4.78 is 47.6. The van der Waals surface area contributed by atoms with E-state index < -0.39 is 59.9 Å². The summed E-state index contributed by atoms with van der Waals surface area (Å²) in [6, 6.07) is -0.938. The van der Waals surface area contributed by atoms with Gasteiger partial charge in [0, 0.05) is 6.42 Å². The van der Waals surface area contributed by atoms with Crippen molar-refractivity contribution in [2.24, 2.45) is 0 Å². The summed E-state index contributed by atoms with van der Waals surface area (Å²) in [4.78, 5) is 13.1. The number of unbranched alkanes of at least 4 members (excludes halogenated alkanes) is 37. The Morgan fingerprint density at radius 3 is 1.30 bits per heavy atom. The minimum Gasteiger partial charge on any atom is -0.394 e. The number of allylic oxidation sites excluding steroid dienone is 1. The fourth-order valence-electron chi connectivity index (χ4n) is 9.22. The predicted molar refractivity (Wildman–Crippen MR) is 273 cm³/mol. The van der Waals surface area contributed by atoms with Crippen LogP contribution in [0.15, 0.2) is 12.2 Å². The van der Waals surface area contributed by atoms with Crippen LogP contribution in [0.25, 0.3) is 0 Å². The summed E-state index contributed by atoms with van der Waals surface area (Å²) in [6.07, 6.45) is 44.4. The SMILES string of the molecule is CCCCCCCCCC/C=C/C(O)C(COC1OC(CO)C(O)C(OS(=O)(=O)O)C1O)NC(=O)CCCCCCCCCCCCCCCCCCCCCCCCCCCCCCCC. The fourth-order valence-corrected chi connectivity index (χ4v) is 9.73. The molecule has 0 aromatic heterocycles. The number of ether oxygens (including phenoxy) is 2. The molecule has 398 valence electrons. The van der Waals surface area contributed by atoms with E-state index in [1.54, 1.807) is 6.08 Å². The van der Waals surface area contributed by atoms with Crippen molar-refractivity contribution in [1.82, 2.24) is 5.32 Å². The van der Waals surface area contributed by atoms with E-state index >= 15 is 0 Å². The Kier molecular flexibility index (Phi) is 42.7. The second kappa shape index (κ2) is 44.8. The average molecular weight is 976 g/mol. The minimum absolute atomic E-state index is 0.259. The molecule has 13 heteroatoms. The van der Waals surface area contributed by atoms with Crippen molar-refractivity contribution in [3.63, 3.8) is 0 Å². The van der Waals surface area contributed by atoms with Gasteiger partial charge in [0.25, 0.3) is 0 Å². The highest BCUT2D eigenvalue weighted by molar-refractivity contribution is 7.80. The van der Waals surface area contributed by atoms with Crippen LogP contribution in [0.3, 0.4) is 0 Å². The maximum absolute atomic E-state index is 13.1. The van der Waals surface area contributed by atoms with E-state index in [9.17, 15) is 38.2 Å². The van der Waals surface area contributed by atoms with Crippen LogP contribution in [0.5, 0.6) is 0 Å². The van der Waals surface area contributed by atoms with Gasteiger partial charge in [-0.05, 0) is 19.3 Å². The molecule has 0 aromatic rings. The number of aliphatic hydroxyl groups is 4. The molecule has 0 bridgehead atoms. The number of carbonyl (C=O) groups excluding carboxylic acids is 1. The van der Waals surface area contributed by atoms with Gasteiger partial charge in [0.1, 0.15) is 24.4 Å². The highest BCUT2D eigenvalue weighted by atomic mass is 32.3. The summed E-state index contributed by atoms with van der Waals surface area (Å²) in [6.45, 7) is 3.39. The molecule has 0 spiro atoms. The van der Waals surface area contributed by atoms with Crippen molar-refractivity contribution in [3.05, 3.63) is 12.2 Å². The number of hydrogen-bond acceptors (Lipinski definition) is 10. The van der Waals surface area contributed by atoms with Crippen LogP contribution in [0.4, 0.5) is 0 Å². The molecule has 1 fully saturated rings. The molecule has 0 aliphatic carbocycles. The molecule has 0 saturated carbocycles. The third-order valence-corrected chi connectivity index (χ3v) is 14.0. The Bertz CT molecular complexity index is 1240. The summed E-state index contributed by atoms with van der Waals surface area (Å²) in [5.74, 6) is -0.259. The molecule has 0 radical (unpaired) electrons. The highest BCUT2D eigenvalue weighted by Crippen LogP contribution is 2.26. The summed E-state index contributed by atoms with van der Waals surface area (Å²) in [5.41, 5.74) is 0. The molecule has 0 aromatic carbocycles. The van der Waals surface area contributed by atoms with Gasteiger partial charge in [-0.3, -0.25) is 9.35 Å². The Balaban J connectivity index is 2.21. The zero-order valence-electron chi connectivity index (χ0n) is 43.0. The van der Waals surface area contributed by atoms with Crippen molar-refractivity contribution >= 4 is 16.3 Å². The van der Waals surface area contributed by atoms with Gasteiger partial charge < -0.3 is 35.2 Å². The van der Waals surface area contributed by atoms with Crippen molar-refractivity contribution in [1.29, 1.82) is 0 Å². The van der Waals surface area contributed by atoms with E-state index in [4.69, 9.17) is 9.47 Å². The first-order valence-electron chi connectivity index (χ1n) is 28.1. The third-order valence-electron chi connectivity index (χ3n) is 13.6. The molecule has 1 amide bonds. The van der Waals surface area contributed by atoms with E-state index in [1.165, 1.54) is 205 Å². The zero-order valence-corrected chi connectivity index (χ0v) is 43.8. The summed E-state index contributed by atoms with van der Waals surface area (Å²) in [5, 5.41) is 44.7. The normalized spacial score (nSPS) is 19.9. The van der Waals surface area contributed by atoms with Crippen molar-refractivity contribution < 1.29 is 51.8 Å². The van der Waals surface area contributed by atoms with Crippen LogP contribution in [0.1, 0.15) is 271 Å². The molecule has 1 heterocycles. The monoisotopic (exact) mass is 976 g/mol. The lowest BCUT2D eigenvalue weighted by Crippen LogP contribution is -2.61. The highest BCUT2D eigenvalue weighted by Gasteiger charge is 2.48. The van der Waals surface area contributed by atoms with Gasteiger partial charge >= 0.3 is 10.4 Å². The lowest BCUT2D eigenvalue weighted by molar-refractivity contribution is -0.298. The molecule has 1 saturated heterocycles. The Labute approximate surface area is 410 Å². The van der Waals surface area contributed by atoms with Gasteiger partial charge in [-0.25, -0.2) is 4.18 Å². The Morgan fingerprint density at radius 2 is 0.940 bits per heavy atom. The Hall–Kier alpha value is -1.16. The van der Waals surface area contributed by atoms with Gasteiger partial charge in [-0.15, -0.1) is 0 Å². The molecular formula is C54H105NO11S. The number of aliphatic hydroxyl groups excluding tert-OH is 4. The van der Waals surface area contributed by atoms with Crippen molar-refractivity contribution in [2.75, 3.05) is 13.2 Å². The lowest BCUT2D eigenvalue weighted by Gasteiger charge is -2.41. The molecular weight excluding hydrogens is 871 g/mol. The van der Waals surface area contributed by atoms with Gasteiger partial charge in [-0.2, -0.15) is 8.42 Å². The van der Waals surface area contributed by atoms with Crippen LogP contribution in [0.2, 0.25) is 0 Å². The Morgan fingerprint density at radius 1 is 0.582 bits per heavy atom. The molecule has 7 atom stereocenters. The first kappa shape index (κ1) is 63.9. The van der Waals surface area contributed by atoms with Gasteiger partial charge in [0.05, 0.1) is 25.4 Å². The van der Waals surface area contributed by atoms with E-state index in [0.717, 1.165) is 38.5 Å². The molecule has 1 aliphatic rings. The maximum Gasteiger partial charge on any atom is 0.397 e. The molecule has 67 heavy (non-hydrogen) atoms. The third kappa shape index (κ3) is 37.3. The number of hydrogen-bond donors (Lipinski definition) is 6. The lowest BCUT2D eigenvalue weighted by atomic mass is 9.99. The smallest absolute Gasteiger partial charge is 0.394 e. The van der Waals surface area contributed by atoms with Crippen LogP contribution < -0.4 is 5.32 Å². The van der Waals surface area contributed by atoms with Crippen molar-refractivity contribution in [2.45, 2.75) is 314 Å². The van der Waals surface area contributed by atoms with Crippen LogP contribution in [-0.2, 0) is 28.9 Å². The number of amides is 1. The largest absolute Gasteiger partial charge is 0.397 e. The van der Waals surface area contributed by atoms with Crippen LogP contribution in [-0.4, -0.2) is 95.4 Å². The molecule has 7 unspecified atom stereocenters. The molecule has 6 N–H and O–H groups in total. The van der Waals surface area contributed by atoms with E-state index in [1.807, 2.05) is 6.08 Å². The summed E-state index contributed by atoms with van der Waals surface area (Å²) >= 11 is 0. The first-order chi connectivity index (χ1) is 32.5. The molecule has 1 aliphatic heterocycles. The number of nitrogens with one attached hydrogen (secondary N) is 1. The van der Waals surface area contributed by atoms with E-state index in [2.05, 4.69) is 23.3 Å².